The van der Waals surface area contributed by atoms with Crippen molar-refractivity contribution < 1.29 is 23.5 Å². The van der Waals surface area contributed by atoms with Gasteiger partial charge in [0.15, 0.2) is 0 Å². The Labute approximate surface area is 121 Å². The molecule has 1 atom stereocenters. The van der Waals surface area contributed by atoms with Crippen LogP contribution in [0.3, 0.4) is 0 Å². The minimum atomic E-state index is -0.978. The van der Waals surface area contributed by atoms with Gasteiger partial charge >= 0.3 is 5.97 Å². The Bertz CT molecular complexity index is 576. The molecule has 0 bridgehead atoms. The average Bonchev–Trinajstić information content (AvgIpc) is 2.87. The van der Waals surface area contributed by atoms with Crippen LogP contribution in [0.5, 0.6) is 0 Å². The Morgan fingerprint density at radius 2 is 2.10 bits per heavy atom. The van der Waals surface area contributed by atoms with Gasteiger partial charge in [0, 0.05) is 13.1 Å². The van der Waals surface area contributed by atoms with Gasteiger partial charge in [-0.05, 0) is 31.0 Å². The minimum absolute atomic E-state index is 0.0327. The van der Waals surface area contributed by atoms with Crippen molar-refractivity contribution in [3.05, 3.63) is 35.4 Å². The summed E-state index contributed by atoms with van der Waals surface area (Å²) in [6, 6.07) is 2.68. The topological polar surface area (TPSA) is 57.6 Å². The fourth-order valence-corrected chi connectivity index (χ4v) is 2.84. The largest absolute Gasteiger partial charge is 0.481 e. The van der Waals surface area contributed by atoms with Crippen LogP contribution in [-0.4, -0.2) is 35.0 Å². The molecule has 0 saturated carbocycles. The predicted octanol–water partition coefficient (Wildman–Crippen LogP) is 2.68. The van der Waals surface area contributed by atoms with Crippen LogP contribution in [-0.2, 0) is 4.79 Å². The van der Waals surface area contributed by atoms with Gasteiger partial charge in [0.25, 0.3) is 5.91 Å². The quantitative estimate of drug-likeness (QED) is 0.929. The lowest BCUT2D eigenvalue weighted by Gasteiger charge is -2.24. The van der Waals surface area contributed by atoms with E-state index in [1.165, 1.54) is 4.90 Å². The van der Waals surface area contributed by atoms with Gasteiger partial charge in [-0.2, -0.15) is 0 Å². The van der Waals surface area contributed by atoms with Gasteiger partial charge in [0.2, 0.25) is 0 Å². The van der Waals surface area contributed by atoms with Crippen LogP contribution in [0.2, 0.25) is 0 Å². The molecule has 1 amide bonds. The summed E-state index contributed by atoms with van der Waals surface area (Å²) in [5.41, 5.74) is -1.33. The molecule has 0 aromatic heterocycles. The van der Waals surface area contributed by atoms with Crippen LogP contribution < -0.4 is 0 Å². The van der Waals surface area contributed by atoms with E-state index in [0.29, 0.717) is 19.3 Å². The normalized spacial score (nSPS) is 21.6. The number of carboxylic acids is 1. The van der Waals surface area contributed by atoms with E-state index in [9.17, 15) is 23.5 Å². The molecule has 1 aromatic rings. The molecular formula is C15H17F2NO3. The van der Waals surface area contributed by atoms with Gasteiger partial charge in [0.05, 0.1) is 11.0 Å². The standard InChI is InChI=1S/C15H17F2NO3/c1-2-5-15(14(20)21)6-7-18(9-15)13(19)11-8-10(16)3-4-12(11)17/h3-4,8H,2,5-7,9H2,1H3,(H,20,21). The first kappa shape index (κ1) is 15.4. The maximum atomic E-state index is 13.6. The molecule has 1 saturated heterocycles. The molecule has 1 heterocycles. The van der Waals surface area contributed by atoms with E-state index in [-0.39, 0.29) is 18.7 Å². The molecule has 21 heavy (non-hydrogen) atoms. The van der Waals surface area contributed by atoms with Crippen LogP contribution in [0.4, 0.5) is 8.78 Å². The highest BCUT2D eigenvalue weighted by atomic mass is 19.1. The van der Waals surface area contributed by atoms with Crippen molar-refractivity contribution >= 4 is 11.9 Å². The summed E-state index contributed by atoms with van der Waals surface area (Å²) in [6.07, 6.45) is 1.47. The number of benzene rings is 1. The predicted molar refractivity (Wildman–Crippen MR) is 71.9 cm³/mol. The highest BCUT2D eigenvalue weighted by Crippen LogP contribution is 2.36. The number of hydrogen-bond donors (Lipinski definition) is 1. The lowest BCUT2D eigenvalue weighted by atomic mass is 9.83. The van der Waals surface area contributed by atoms with Crippen LogP contribution in [0.1, 0.15) is 36.5 Å². The number of carboxylic acid groups (broad SMARTS) is 1. The Morgan fingerprint density at radius 1 is 1.38 bits per heavy atom. The van der Waals surface area contributed by atoms with Gasteiger partial charge in [0.1, 0.15) is 11.6 Å². The van der Waals surface area contributed by atoms with Gasteiger partial charge in [-0.25, -0.2) is 8.78 Å². The number of hydrogen-bond acceptors (Lipinski definition) is 2. The summed E-state index contributed by atoms with van der Waals surface area (Å²) in [5.74, 6) is -3.10. The SMILES string of the molecule is CCCC1(C(=O)O)CCN(C(=O)c2cc(F)ccc2F)C1. The zero-order chi connectivity index (χ0) is 15.6. The van der Waals surface area contributed by atoms with E-state index < -0.39 is 28.9 Å². The van der Waals surface area contributed by atoms with Crippen LogP contribution in [0.15, 0.2) is 18.2 Å². The van der Waals surface area contributed by atoms with Gasteiger partial charge in [-0.3, -0.25) is 9.59 Å². The summed E-state index contributed by atoms with van der Waals surface area (Å²) in [6.45, 7) is 2.15. The summed E-state index contributed by atoms with van der Waals surface area (Å²) in [4.78, 5) is 25.0. The van der Waals surface area contributed by atoms with Crippen molar-refractivity contribution in [2.75, 3.05) is 13.1 Å². The smallest absolute Gasteiger partial charge is 0.311 e. The van der Waals surface area contributed by atoms with Crippen LogP contribution in [0, 0.1) is 17.0 Å². The summed E-state index contributed by atoms with van der Waals surface area (Å²) < 4.78 is 26.8. The molecule has 1 aromatic carbocycles. The minimum Gasteiger partial charge on any atom is -0.481 e. The summed E-state index contributed by atoms with van der Waals surface area (Å²) in [7, 11) is 0. The molecule has 4 nitrogen and oxygen atoms in total. The zero-order valence-corrected chi connectivity index (χ0v) is 11.7. The summed E-state index contributed by atoms with van der Waals surface area (Å²) in [5, 5.41) is 9.39. The monoisotopic (exact) mass is 297 g/mol. The molecule has 1 aliphatic heterocycles. The zero-order valence-electron chi connectivity index (χ0n) is 11.7. The van der Waals surface area contributed by atoms with Crippen molar-refractivity contribution in [3.63, 3.8) is 0 Å². The fourth-order valence-electron chi connectivity index (χ4n) is 2.84. The van der Waals surface area contributed by atoms with E-state index >= 15 is 0 Å². The maximum Gasteiger partial charge on any atom is 0.311 e. The van der Waals surface area contributed by atoms with Crippen molar-refractivity contribution in [2.45, 2.75) is 26.2 Å². The Morgan fingerprint density at radius 3 is 2.71 bits per heavy atom. The first-order chi connectivity index (χ1) is 9.89. The number of rotatable bonds is 4. The second-order valence-electron chi connectivity index (χ2n) is 5.44. The van der Waals surface area contributed by atoms with Gasteiger partial charge in [-0.1, -0.05) is 13.3 Å². The molecule has 2 rings (SSSR count). The molecule has 0 spiro atoms. The number of likely N-dealkylation sites (tertiary alicyclic amines) is 1. The molecule has 6 heteroatoms. The highest BCUT2D eigenvalue weighted by molar-refractivity contribution is 5.95. The number of nitrogens with zero attached hydrogens (tertiary/aromatic N) is 1. The van der Waals surface area contributed by atoms with E-state index in [1.807, 2.05) is 6.92 Å². The van der Waals surface area contributed by atoms with Crippen LogP contribution >= 0.6 is 0 Å². The Balaban J connectivity index is 2.22. The molecule has 1 aliphatic rings. The van der Waals surface area contributed by atoms with Crippen molar-refractivity contribution in [1.29, 1.82) is 0 Å². The average molecular weight is 297 g/mol. The summed E-state index contributed by atoms with van der Waals surface area (Å²) >= 11 is 0. The number of halogens is 2. The molecule has 114 valence electrons. The molecule has 0 radical (unpaired) electrons. The molecule has 1 fully saturated rings. The maximum absolute atomic E-state index is 13.6. The van der Waals surface area contributed by atoms with Crippen molar-refractivity contribution in [3.8, 4) is 0 Å². The van der Waals surface area contributed by atoms with Crippen molar-refractivity contribution in [1.82, 2.24) is 4.90 Å². The third-order valence-electron chi connectivity index (χ3n) is 3.98. The highest BCUT2D eigenvalue weighted by Gasteiger charge is 2.45. The van der Waals surface area contributed by atoms with Crippen LogP contribution in [0.25, 0.3) is 0 Å². The number of carbonyl (C=O) groups excluding carboxylic acids is 1. The molecule has 0 aliphatic carbocycles. The second kappa shape index (κ2) is 5.79. The van der Waals surface area contributed by atoms with E-state index in [0.717, 1.165) is 18.2 Å². The molecule has 1 N–H and O–H groups in total. The lowest BCUT2D eigenvalue weighted by Crippen LogP contribution is -2.37. The molecular weight excluding hydrogens is 280 g/mol. The number of aliphatic carboxylic acids is 1. The second-order valence-corrected chi connectivity index (χ2v) is 5.44. The Kier molecular flexibility index (Phi) is 4.25. The fraction of sp³-hybridized carbons (Fsp3) is 0.467. The Hall–Kier alpha value is -1.98. The van der Waals surface area contributed by atoms with E-state index in [1.54, 1.807) is 0 Å². The molecule has 1 unspecified atom stereocenters. The van der Waals surface area contributed by atoms with E-state index in [2.05, 4.69) is 0 Å². The third kappa shape index (κ3) is 2.89. The first-order valence-corrected chi connectivity index (χ1v) is 6.87. The number of carbonyl (C=O) groups is 2. The first-order valence-electron chi connectivity index (χ1n) is 6.87. The van der Waals surface area contributed by atoms with E-state index in [4.69, 9.17) is 0 Å². The van der Waals surface area contributed by atoms with Gasteiger partial charge < -0.3 is 10.0 Å². The lowest BCUT2D eigenvalue weighted by molar-refractivity contribution is -0.148. The number of amides is 1. The van der Waals surface area contributed by atoms with Crippen molar-refractivity contribution in [2.24, 2.45) is 5.41 Å². The van der Waals surface area contributed by atoms with Gasteiger partial charge in [-0.15, -0.1) is 0 Å². The third-order valence-corrected chi connectivity index (χ3v) is 3.98.